The quantitative estimate of drug-likeness (QED) is 0.942. The summed E-state index contributed by atoms with van der Waals surface area (Å²) in [7, 11) is 0. The number of rotatable bonds is 4. The van der Waals surface area contributed by atoms with Gasteiger partial charge >= 0.3 is 0 Å². The molecule has 4 nitrogen and oxygen atoms in total. The Bertz CT molecular complexity index is 476. The van der Waals surface area contributed by atoms with Crippen molar-refractivity contribution in [2.24, 2.45) is 0 Å². The van der Waals surface area contributed by atoms with Gasteiger partial charge in [-0.25, -0.2) is 9.67 Å². The topological polar surface area (TPSA) is 42.7 Å². The Hall–Kier alpha value is -1.20. The van der Waals surface area contributed by atoms with Gasteiger partial charge in [-0.1, -0.05) is 19.9 Å². The van der Waals surface area contributed by atoms with Crippen LogP contribution in [0.5, 0.6) is 0 Å². The Morgan fingerprint density at radius 1 is 1.35 bits per heavy atom. The number of halogens is 1. The van der Waals surface area contributed by atoms with Gasteiger partial charge in [0.2, 0.25) is 0 Å². The van der Waals surface area contributed by atoms with Gasteiger partial charge in [0.05, 0.1) is 10.7 Å². The van der Waals surface area contributed by atoms with Crippen molar-refractivity contribution in [3.63, 3.8) is 0 Å². The van der Waals surface area contributed by atoms with Gasteiger partial charge in [-0.05, 0) is 27.6 Å². The maximum Gasteiger partial charge on any atom is 0.153 e. The third kappa shape index (κ3) is 3.38. The lowest BCUT2D eigenvalue weighted by Gasteiger charge is -2.08. The number of nitrogens with zero attached hydrogens (tertiary/aromatic N) is 3. The summed E-state index contributed by atoms with van der Waals surface area (Å²) in [5, 5.41) is 7.54. The standard InChI is InChI=1S/C12H15BrN4/c1-9(2)14-5-10-3-4-12(15-6-10)17-8-11(13)7-16-17/h3-4,6-9,14H,5H2,1-2H3. The minimum Gasteiger partial charge on any atom is -0.310 e. The van der Waals surface area contributed by atoms with E-state index in [2.05, 4.69) is 51.2 Å². The van der Waals surface area contributed by atoms with E-state index in [-0.39, 0.29) is 0 Å². The highest BCUT2D eigenvalue weighted by Crippen LogP contribution is 2.11. The molecule has 90 valence electrons. The maximum absolute atomic E-state index is 4.38. The van der Waals surface area contributed by atoms with Crippen molar-refractivity contribution in [1.82, 2.24) is 20.1 Å². The molecular formula is C12H15BrN4. The van der Waals surface area contributed by atoms with Gasteiger partial charge in [-0.2, -0.15) is 5.10 Å². The number of pyridine rings is 1. The Morgan fingerprint density at radius 2 is 2.18 bits per heavy atom. The van der Waals surface area contributed by atoms with E-state index in [9.17, 15) is 0 Å². The van der Waals surface area contributed by atoms with E-state index < -0.39 is 0 Å². The van der Waals surface area contributed by atoms with Crippen molar-refractivity contribution < 1.29 is 0 Å². The first-order valence-corrected chi connectivity index (χ1v) is 6.33. The van der Waals surface area contributed by atoms with Gasteiger partial charge in [0, 0.05) is 25.0 Å². The lowest BCUT2D eigenvalue weighted by atomic mass is 10.2. The van der Waals surface area contributed by atoms with Crippen LogP contribution in [0.4, 0.5) is 0 Å². The molecule has 5 heteroatoms. The number of aromatic nitrogens is 3. The first-order valence-electron chi connectivity index (χ1n) is 5.54. The summed E-state index contributed by atoms with van der Waals surface area (Å²) in [6.07, 6.45) is 5.50. The molecule has 0 spiro atoms. The molecule has 0 radical (unpaired) electrons. The van der Waals surface area contributed by atoms with Gasteiger partial charge in [0.1, 0.15) is 0 Å². The summed E-state index contributed by atoms with van der Waals surface area (Å²) in [6, 6.07) is 4.51. The van der Waals surface area contributed by atoms with E-state index >= 15 is 0 Å². The minimum atomic E-state index is 0.483. The highest BCUT2D eigenvalue weighted by molar-refractivity contribution is 9.10. The van der Waals surface area contributed by atoms with Crippen molar-refractivity contribution >= 4 is 15.9 Å². The molecule has 0 amide bonds. The van der Waals surface area contributed by atoms with Crippen molar-refractivity contribution in [3.8, 4) is 5.82 Å². The molecule has 0 aromatic carbocycles. The first-order chi connectivity index (χ1) is 8.15. The monoisotopic (exact) mass is 294 g/mol. The average molecular weight is 295 g/mol. The van der Waals surface area contributed by atoms with Gasteiger partial charge in [-0.3, -0.25) is 0 Å². The van der Waals surface area contributed by atoms with E-state index in [1.165, 1.54) is 5.56 Å². The fourth-order valence-electron chi connectivity index (χ4n) is 1.40. The molecule has 0 saturated carbocycles. The van der Waals surface area contributed by atoms with Gasteiger partial charge < -0.3 is 5.32 Å². The summed E-state index contributed by atoms with van der Waals surface area (Å²) in [5.41, 5.74) is 1.17. The molecule has 0 saturated heterocycles. The SMILES string of the molecule is CC(C)NCc1ccc(-n2cc(Br)cn2)nc1. The predicted molar refractivity (Wildman–Crippen MR) is 71.0 cm³/mol. The normalized spacial score (nSPS) is 11.1. The second-order valence-electron chi connectivity index (χ2n) is 4.16. The second-order valence-corrected chi connectivity index (χ2v) is 5.08. The van der Waals surface area contributed by atoms with Crippen LogP contribution >= 0.6 is 15.9 Å². The summed E-state index contributed by atoms with van der Waals surface area (Å²) in [5.74, 6) is 0.823. The lowest BCUT2D eigenvalue weighted by Crippen LogP contribution is -2.21. The fraction of sp³-hybridized carbons (Fsp3) is 0.333. The Balaban J connectivity index is 2.07. The van der Waals surface area contributed by atoms with Crippen molar-refractivity contribution in [2.45, 2.75) is 26.4 Å². The molecule has 0 unspecified atom stereocenters. The molecule has 2 heterocycles. The van der Waals surface area contributed by atoms with E-state index in [1.54, 1.807) is 10.9 Å². The largest absolute Gasteiger partial charge is 0.310 e. The summed E-state index contributed by atoms with van der Waals surface area (Å²) >= 11 is 3.36. The van der Waals surface area contributed by atoms with E-state index in [1.807, 2.05) is 18.5 Å². The molecule has 0 aliphatic rings. The molecule has 2 aromatic heterocycles. The molecule has 0 aliphatic carbocycles. The van der Waals surface area contributed by atoms with Crippen LogP contribution in [0.3, 0.4) is 0 Å². The molecule has 1 N–H and O–H groups in total. The molecule has 0 atom stereocenters. The highest BCUT2D eigenvalue weighted by Gasteiger charge is 2.01. The molecule has 0 bridgehead atoms. The van der Waals surface area contributed by atoms with Crippen molar-refractivity contribution in [3.05, 3.63) is 40.8 Å². The third-order valence-electron chi connectivity index (χ3n) is 2.31. The maximum atomic E-state index is 4.38. The fourth-order valence-corrected chi connectivity index (χ4v) is 1.69. The lowest BCUT2D eigenvalue weighted by molar-refractivity contribution is 0.587. The van der Waals surface area contributed by atoms with Crippen LogP contribution in [-0.2, 0) is 6.54 Å². The van der Waals surface area contributed by atoms with E-state index in [0.717, 1.165) is 16.8 Å². The van der Waals surface area contributed by atoms with Gasteiger partial charge in [-0.15, -0.1) is 0 Å². The minimum absolute atomic E-state index is 0.483. The molecule has 0 aliphatic heterocycles. The summed E-state index contributed by atoms with van der Waals surface area (Å²) in [6.45, 7) is 5.10. The van der Waals surface area contributed by atoms with Gasteiger partial charge in [0.15, 0.2) is 5.82 Å². The summed E-state index contributed by atoms with van der Waals surface area (Å²) in [4.78, 5) is 4.38. The summed E-state index contributed by atoms with van der Waals surface area (Å²) < 4.78 is 2.69. The van der Waals surface area contributed by atoms with Crippen LogP contribution in [-0.4, -0.2) is 20.8 Å². The Labute approximate surface area is 109 Å². The van der Waals surface area contributed by atoms with Crippen LogP contribution in [0.1, 0.15) is 19.4 Å². The smallest absolute Gasteiger partial charge is 0.153 e. The number of hydrogen-bond donors (Lipinski definition) is 1. The molecule has 2 aromatic rings. The number of nitrogens with one attached hydrogen (secondary N) is 1. The van der Waals surface area contributed by atoms with E-state index in [0.29, 0.717) is 6.04 Å². The zero-order chi connectivity index (χ0) is 12.3. The number of hydrogen-bond acceptors (Lipinski definition) is 3. The van der Waals surface area contributed by atoms with Crippen LogP contribution in [0.2, 0.25) is 0 Å². The molecule has 17 heavy (non-hydrogen) atoms. The van der Waals surface area contributed by atoms with Crippen molar-refractivity contribution in [2.75, 3.05) is 0 Å². The highest BCUT2D eigenvalue weighted by atomic mass is 79.9. The second kappa shape index (κ2) is 5.42. The van der Waals surface area contributed by atoms with Gasteiger partial charge in [0.25, 0.3) is 0 Å². The Kier molecular flexibility index (Phi) is 3.91. The van der Waals surface area contributed by atoms with Crippen LogP contribution in [0.15, 0.2) is 35.2 Å². The molecule has 0 fully saturated rings. The van der Waals surface area contributed by atoms with Crippen molar-refractivity contribution in [1.29, 1.82) is 0 Å². The van der Waals surface area contributed by atoms with Crippen LogP contribution in [0.25, 0.3) is 5.82 Å². The van der Waals surface area contributed by atoms with Crippen LogP contribution in [0, 0.1) is 0 Å². The van der Waals surface area contributed by atoms with Crippen LogP contribution < -0.4 is 5.32 Å². The third-order valence-corrected chi connectivity index (χ3v) is 2.72. The Morgan fingerprint density at radius 3 is 2.71 bits per heavy atom. The molecule has 2 rings (SSSR count). The predicted octanol–water partition coefficient (Wildman–Crippen LogP) is 2.53. The first kappa shape index (κ1) is 12.3. The average Bonchev–Trinajstić information content (AvgIpc) is 2.74. The zero-order valence-corrected chi connectivity index (χ0v) is 11.5. The zero-order valence-electron chi connectivity index (χ0n) is 9.89. The molecular weight excluding hydrogens is 280 g/mol. The van der Waals surface area contributed by atoms with E-state index in [4.69, 9.17) is 0 Å².